The maximum Gasteiger partial charge on any atom is 0.237 e. The largest absolute Gasteiger partial charge is 0.388 e. The lowest BCUT2D eigenvalue weighted by molar-refractivity contribution is -0.125. The molecule has 1 fully saturated rings. The third kappa shape index (κ3) is 4.64. The van der Waals surface area contributed by atoms with E-state index in [2.05, 4.69) is 17.6 Å². The molecule has 0 radical (unpaired) electrons. The van der Waals surface area contributed by atoms with E-state index in [1.807, 2.05) is 6.92 Å². The van der Waals surface area contributed by atoms with Gasteiger partial charge in [0.15, 0.2) is 0 Å². The van der Waals surface area contributed by atoms with Crippen LogP contribution in [0.1, 0.15) is 46.5 Å². The highest BCUT2D eigenvalue weighted by Gasteiger charge is 2.27. The number of carbonyl (C=O) groups excluding carboxylic acids is 1. The monoisotopic (exact) mass is 242 g/mol. The van der Waals surface area contributed by atoms with Gasteiger partial charge < -0.3 is 15.7 Å². The van der Waals surface area contributed by atoms with Crippen molar-refractivity contribution in [3.05, 3.63) is 0 Å². The Morgan fingerprint density at radius 2 is 2.24 bits per heavy atom. The van der Waals surface area contributed by atoms with Crippen molar-refractivity contribution in [1.29, 1.82) is 0 Å². The van der Waals surface area contributed by atoms with E-state index in [0.717, 1.165) is 25.8 Å². The van der Waals surface area contributed by atoms with Crippen LogP contribution in [0.4, 0.5) is 0 Å². The quantitative estimate of drug-likeness (QED) is 0.675. The fourth-order valence-electron chi connectivity index (χ4n) is 2.09. The van der Waals surface area contributed by atoms with Gasteiger partial charge in [0.2, 0.25) is 5.91 Å². The molecule has 3 N–H and O–H groups in total. The molecule has 1 saturated heterocycles. The minimum Gasteiger partial charge on any atom is -0.388 e. The molecule has 3 atom stereocenters. The van der Waals surface area contributed by atoms with Gasteiger partial charge in [-0.2, -0.15) is 0 Å². The van der Waals surface area contributed by atoms with Crippen molar-refractivity contribution < 1.29 is 9.90 Å². The first-order chi connectivity index (χ1) is 7.98. The summed E-state index contributed by atoms with van der Waals surface area (Å²) in [5, 5.41) is 15.9. The minimum absolute atomic E-state index is 0.0249. The molecule has 0 bridgehead atoms. The molecule has 0 aliphatic carbocycles. The standard InChI is InChI=1S/C13H26N2O2/c1-4-10-6-7-14-11(8-10)12(16)15-9-13(3,17)5-2/h10-11,14,17H,4-9H2,1-3H3,(H,15,16). The molecule has 3 unspecified atom stereocenters. The summed E-state index contributed by atoms with van der Waals surface area (Å²) in [6.45, 7) is 7.08. The van der Waals surface area contributed by atoms with Gasteiger partial charge in [0, 0.05) is 6.54 Å². The van der Waals surface area contributed by atoms with Gasteiger partial charge in [0.1, 0.15) is 0 Å². The zero-order chi connectivity index (χ0) is 12.9. The molecular weight excluding hydrogens is 216 g/mol. The number of carbonyl (C=O) groups is 1. The number of aliphatic hydroxyl groups is 1. The topological polar surface area (TPSA) is 61.4 Å². The van der Waals surface area contributed by atoms with Gasteiger partial charge >= 0.3 is 0 Å². The lowest BCUT2D eigenvalue weighted by Gasteiger charge is -2.30. The summed E-state index contributed by atoms with van der Waals surface area (Å²) < 4.78 is 0. The summed E-state index contributed by atoms with van der Waals surface area (Å²) in [5.41, 5.74) is -0.797. The zero-order valence-corrected chi connectivity index (χ0v) is 11.3. The van der Waals surface area contributed by atoms with E-state index in [0.29, 0.717) is 18.9 Å². The van der Waals surface area contributed by atoms with Crippen LogP contribution in [0.15, 0.2) is 0 Å². The van der Waals surface area contributed by atoms with Crippen molar-refractivity contribution >= 4 is 5.91 Å². The number of nitrogens with one attached hydrogen (secondary N) is 2. The summed E-state index contributed by atoms with van der Waals surface area (Å²) in [5.74, 6) is 0.676. The predicted octanol–water partition coefficient (Wildman–Crippen LogP) is 1.04. The molecular formula is C13H26N2O2. The van der Waals surface area contributed by atoms with Crippen LogP contribution in [0, 0.1) is 5.92 Å². The molecule has 0 aromatic heterocycles. The van der Waals surface area contributed by atoms with E-state index in [9.17, 15) is 9.90 Å². The average molecular weight is 242 g/mol. The number of hydrogen-bond acceptors (Lipinski definition) is 3. The second kappa shape index (κ2) is 6.36. The SMILES string of the molecule is CCC1CCNC(C(=O)NCC(C)(O)CC)C1. The Bertz CT molecular complexity index is 254. The van der Waals surface area contributed by atoms with Crippen LogP contribution in [0.5, 0.6) is 0 Å². The highest BCUT2D eigenvalue weighted by molar-refractivity contribution is 5.81. The highest BCUT2D eigenvalue weighted by Crippen LogP contribution is 2.19. The number of rotatable bonds is 5. The summed E-state index contributed by atoms with van der Waals surface area (Å²) in [6.07, 6.45) is 3.85. The second-order valence-electron chi connectivity index (χ2n) is 5.37. The van der Waals surface area contributed by atoms with Gasteiger partial charge in [-0.05, 0) is 38.6 Å². The third-order valence-electron chi connectivity index (χ3n) is 3.81. The molecule has 1 aliphatic heterocycles. The van der Waals surface area contributed by atoms with Crippen molar-refractivity contribution in [2.45, 2.75) is 58.1 Å². The van der Waals surface area contributed by atoms with E-state index in [1.54, 1.807) is 6.92 Å². The van der Waals surface area contributed by atoms with Crippen molar-refractivity contribution in [1.82, 2.24) is 10.6 Å². The summed E-state index contributed by atoms with van der Waals surface area (Å²) >= 11 is 0. The normalized spacial score (nSPS) is 28.5. The molecule has 1 amide bonds. The lowest BCUT2D eigenvalue weighted by atomic mass is 9.90. The maximum absolute atomic E-state index is 11.9. The number of amides is 1. The van der Waals surface area contributed by atoms with Gasteiger partial charge in [0.05, 0.1) is 11.6 Å². The fraction of sp³-hybridized carbons (Fsp3) is 0.923. The minimum atomic E-state index is -0.797. The molecule has 4 nitrogen and oxygen atoms in total. The van der Waals surface area contributed by atoms with Gasteiger partial charge in [-0.15, -0.1) is 0 Å². The molecule has 4 heteroatoms. The Morgan fingerprint density at radius 1 is 1.53 bits per heavy atom. The molecule has 1 heterocycles. The fourth-order valence-corrected chi connectivity index (χ4v) is 2.09. The third-order valence-corrected chi connectivity index (χ3v) is 3.81. The smallest absolute Gasteiger partial charge is 0.237 e. The van der Waals surface area contributed by atoms with Crippen LogP contribution < -0.4 is 10.6 Å². The van der Waals surface area contributed by atoms with Crippen LogP contribution in [-0.4, -0.2) is 35.7 Å². The molecule has 100 valence electrons. The van der Waals surface area contributed by atoms with E-state index in [-0.39, 0.29) is 11.9 Å². The zero-order valence-electron chi connectivity index (χ0n) is 11.3. The molecule has 0 spiro atoms. The van der Waals surface area contributed by atoms with Crippen LogP contribution in [-0.2, 0) is 4.79 Å². The van der Waals surface area contributed by atoms with Gasteiger partial charge in [-0.3, -0.25) is 4.79 Å². The maximum atomic E-state index is 11.9. The van der Waals surface area contributed by atoms with E-state index in [4.69, 9.17) is 0 Å². The average Bonchev–Trinajstić information content (AvgIpc) is 2.36. The van der Waals surface area contributed by atoms with Crippen LogP contribution in [0.3, 0.4) is 0 Å². The predicted molar refractivity (Wildman–Crippen MR) is 68.7 cm³/mol. The van der Waals surface area contributed by atoms with Gasteiger partial charge in [0.25, 0.3) is 0 Å². The van der Waals surface area contributed by atoms with Crippen molar-refractivity contribution in [3.63, 3.8) is 0 Å². The number of piperidine rings is 1. The van der Waals surface area contributed by atoms with E-state index >= 15 is 0 Å². The van der Waals surface area contributed by atoms with E-state index in [1.165, 1.54) is 0 Å². The lowest BCUT2D eigenvalue weighted by Crippen LogP contribution is -2.51. The summed E-state index contributed by atoms with van der Waals surface area (Å²) in [6, 6.07) is -0.0821. The van der Waals surface area contributed by atoms with Crippen LogP contribution in [0.25, 0.3) is 0 Å². The Balaban J connectivity index is 2.37. The highest BCUT2D eigenvalue weighted by atomic mass is 16.3. The second-order valence-corrected chi connectivity index (χ2v) is 5.37. The first-order valence-corrected chi connectivity index (χ1v) is 6.72. The molecule has 0 saturated carbocycles. The Hall–Kier alpha value is -0.610. The molecule has 1 rings (SSSR count). The molecule has 0 aromatic rings. The van der Waals surface area contributed by atoms with Crippen molar-refractivity contribution in [2.75, 3.05) is 13.1 Å². The van der Waals surface area contributed by atoms with Crippen molar-refractivity contribution in [2.24, 2.45) is 5.92 Å². The van der Waals surface area contributed by atoms with Crippen LogP contribution in [0.2, 0.25) is 0 Å². The Morgan fingerprint density at radius 3 is 2.82 bits per heavy atom. The molecule has 1 aliphatic rings. The summed E-state index contributed by atoms with van der Waals surface area (Å²) in [4.78, 5) is 11.9. The van der Waals surface area contributed by atoms with Gasteiger partial charge in [-0.25, -0.2) is 0 Å². The summed E-state index contributed by atoms with van der Waals surface area (Å²) in [7, 11) is 0. The van der Waals surface area contributed by atoms with Crippen LogP contribution >= 0.6 is 0 Å². The molecule has 17 heavy (non-hydrogen) atoms. The Labute approximate surface area is 104 Å². The van der Waals surface area contributed by atoms with Crippen molar-refractivity contribution in [3.8, 4) is 0 Å². The van der Waals surface area contributed by atoms with Gasteiger partial charge in [-0.1, -0.05) is 20.3 Å². The first-order valence-electron chi connectivity index (χ1n) is 6.72. The molecule has 0 aromatic carbocycles. The Kier molecular flexibility index (Phi) is 5.40. The number of hydrogen-bond donors (Lipinski definition) is 3. The first kappa shape index (κ1) is 14.5. The van der Waals surface area contributed by atoms with E-state index < -0.39 is 5.60 Å².